The van der Waals surface area contributed by atoms with Crippen LogP contribution in [0.25, 0.3) is 32.1 Å². The summed E-state index contributed by atoms with van der Waals surface area (Å²) in [5.41, 5.74) is 2.41. The number of aromatic nitrogens is 2. The van der Waals surface area contributed by atoms with E-state index >= 15 is 0 Å². The molecule has 0 aliphatic rings. The smallest absolute Gasteiger partial charge is 0.128 e. The highest BCUT2D eigenvalue weighted by Crippen LogP contribution is 2.40. The van der Waals surface area contributed by atoms with Gasteiger partial charge in [0.15, 0.2) is 0 Å². The predicted octanol–water partition coefficient (Wildman–Crippen LogP) is 6.66. The van der Waals surface area contributed by atoms with Crippen LogP contribution in [0.2, 0.25) is 0 Å². The molecule has 4 heteroatoms. The maximum atomic E-state index is 4.60. The number of benzene rings is 3. The largest absolute Gasteiger partial charge is 0.229 e. The molecule has 5 aromatic rings. The fraction of sp³-hybridized carbons (Fsp3) is 0. The van der Waals surface area contributed by atoms with E-state index in [2.05, 4.69) is 82.1 Å². The fourth-order valence-electron chi connectivity index (χ4n) is 3.10. The predicted molar refractivity (Wildman–Crippen MR) is 111 cm³/mol. The van der Waals surface area contributed by atoms with Crippen molar-refractivity contribution in [2.45, 2.75) is 9.92 Å². The Hall–Kier alpha value is -2.69. The first-order valence-electron chi connectivity index (χ1n) is 8.33. The molecule has 0 spiro atoms. The summed E-state index contributed by atoms with van der Waals surface area (Å²) < 4.78 is 0. The van der Waals surface area contributed by atoms with Crippen LogP contribution in [0.5, 0.6) is 0 Å². The number of hydrogen-bond donors (Lipinski definition) is 0. The zero-order valence-electron chi connectivity index (χ0n) is 13.8. The summed E-state index contributed by atoms with van der Waals surface area (Å²) in [6.07, 6.45) is 1.66. The number of nitrogens with zero attached hydrogens (tertiary/aromatic N) is 2. The molecule has 0 radical (unpaired) electrons. The van der Waals surface area contributed by atoms with E-state index in [9.17, 15) is 0 Å². The van der Waals surface area contributed by atoms with Gasteiger partial charge in [0.1, 0.15) is 16.2 Å². The first kappa shape index (κ1) is 15.6. The normalized spacial score (nSPS) is 11.2. The Balaban J connectivity index is 1.63. The van der Waals surface area contributed by atoms with Gasteiger partial charge in [-0.2, -0.15) is 0 Å². The third kappa shape index (κ3) is 2.77. The van der Waals surface area contributed by atoms with E-state index in [1.165, 1.54) is 26.8 Å². The van der Waals surface area contributed by atoms with Crippen molar-refractivity contribution in [3.8, 4) is 11.1 Å². The quantitative estimate of drug-likeness (QED) is 0.332. The van der Waals surface area contributed by atoms with E-state index < -0.39 is 0 Å². The lowest BCUT2D eigenvalue weighted by atomic mass is 10.1. The van der Waals surface area contributed by atoms with Gasteiger partial charge in [-0.3, -0.25) is 0 Å². The summed E-state index contributed by atoms with van der Waals surface area (Å²) in [7, 11) is 0. The minimum atomic E-state index is 1.00. The van der Waals surface area contributed by atoms with Crippen LogP contribution in [-0.2, 0) is 0 Å². The Morgan fingerprint density at radius 3 is 2.46 bits per heavy atom. The molecule has 2 nitrogen and oxygen atoms in total. The zero-order valence-corrected chi connectivity index (χ0v) is 15.4. The van der Waals surface area contributed by atoms with Crippen molar-refractivity contribution in [2.75, 3.05) is 0 Å². The van der Waals surface area contributed by atoms with Crippen LogP contribution in [0, 0.1) is 0 Å². The van der Waals surface area contributed by atoms with Crippen LogP contribution in [0.1, 0.15) is 0 Å². The zero-order chi connectivity index (χ0) is 17.3. The van der Waals surface area contributed by atoms with Crippen molar-refractivity contribution in [2.24, 2.45) is 0 Å². The van der Waals surface area contributed by atoms with Gasteiger partial charge in [0.25, 0.3) is 0 Å². The molecule has 0 aliphatic carbocycles. The van der Waals surface area contributed by atoms with Crippen molar-refractivity contribution in [3.05, 3.63) is 84.5 Å². The lowest BCUT2D eigenvalue weighted by Crippen LogP contribution is -1.86. The molecule has 0 N–H and O–H groups in total. The molecule has 0 saturated carbocycles. The Labute approximate surface area is 159 Å². The van der Waals surface area contributed by atoms with Crippen LogP contribution in [0.3, 0.4) is 0 Å². The monoisotopic (exact) mass is 370 g/mol. The van der Waals surface area contributed by atoms with E-state index in [-0.39, 0.29) is 0 Å². The van der Waals surface area contributed by atoms with Crippen molar-refractivity contribution >= 4 is 44.1 Å². The van der Waals surface area contributed by atoms with Gasteiger partial charge < -0.3 is 0 Å². The van der Waals surface area contributed by atoms with Gasteiger partial charge in [0.2, 0.25) is 0 Å². The second-order valence-corrected chi connectivity index (χ2v) is 7.91. The number of thiophene rings is 1. The Kier molecular flexibility index (Phi) is 3.92. The first-order valence-corrected chi connectivity index (χ1v) is 10.0. The number of fused-ring (bicyclic) bond motifs is 2. The van der Waals surface area contributed by atoms with Crippen LogP contribution < -0.4 is 0 Å². The molecule has 124 valence electrons. The van der Waals surface area contributed by atoms with Crippen molar-refractivity contribution in [3.63, 3.8) is 0 Å². The average molecular weight is 371 g/mol. The van der Waals surface area contributed by atoms with Crippen LogP contribution in [-0.4, -0.2) is 9.97 Å². The van der Waals surface area contributed by atoms with Crippen molar-refractivity contribution < 1.29 is 0 Å². The molecule has 0 amide bonds. The third-order valence-corrected chi connectivity index (χ3v) is 6.23. The summed E-state index contributed by atoms with van der Waals surface area (Å²) in [6, 6.07) is 25.4. The summed E-state index contributed by atoms with van der Waals surface area (Å²) in [5, 5.41) is 6.83. The summed E-state index contributed by atoms with van der Waals surface area (Å²) in [4.78, 5) is 11.3. The van der Waals surface area contributed by atoms with Gasteiger partial charge in [0, 0.05) is 15.8 Å². The lowest BCUT2D eigenvalue weighted by molar-refractivity contribution is 1.11. The molecule has 5 rings (SSSR count). The summed E-state index contributed by atoms with van der Waals surface area (Å²) in [5.74, 6) is 0. The minimum Gasteiger partial charge on any atom is -0.229 e. The Morgan fingerprint density at radius 1 is 0.769 bits per heavy atom. The van der Waals surface area contributed by atoms with Gasteiger partial charge in [-0.05, 0) is 28.5 Å². The highest BCUT2D eigenvalue weighted by atomic mass is 32.2. The van der Waals surface area contributed by atoms with Crippen LogP contribution >= 0.6 is 23.1 Å². The minimum absolute atomic E-state index is 1.00. The molecule has 0 fully saturated rings. The number of hydrogen-bond acceptors (Lipinski definition) is 4. The number of rotatable bonds is 3. The molecule has 0 saturated heterocycles. The third-order valence-electron chi connectivity index (χ3n) is 4.36. The molecule has 0 aliphatic heterocycles. The molecule has 2 heterocycles. The molecule has 0 bridgehead atoms. The van der Waals surface area contributed by atoms with E-state index in [1.807, 2.05) is 6.07 Å². The second-order valence-electron chi connectivity index (χ2n) is 5.99. The van der Waals surface area contributed by atoms with E-state index in [0.717, 1.165) is 15.2 Å². The van der Waals surface area contributed by atoms with Crippen LogP contribution in [0.4, 0.5) is 0 Å². The summed E-state index contributed by atoms with van der Waals surface area (Å²) >= 11 is 3.37. The SMILES string of the molecule is c1ccc(-c2csc3ncnc(Sc4ccc5ccccc5c4)c23)cc1. The maximum absolute atomic E-state index is 4.60. The molecular weight excluding hydrogens is 356 g/mol. The van der Waals surface area contributed by atoms with Gasteiger partial charge in [-0.15, -0.1) is 11.3 Å². The standard InChI is InChI=1S/C22H14N2S2/c1-2-7-16(8-3-1)19-13-25-21-20(19)22(24-14-23-21)26-18-11-10-15-6-4-5-9-17(15)12-18/h1-14H. The molecule has 3 aromatic carbocycles. The topological polar surface area (TPSA) is 25.8 Å². The fourth-order valence-corrected chi connectivity index (χ4v) is 5.03. The molecule has 0 atom stereocenters. The highest BCUT2D eigenvalue weighted by Gasteiger charge is 2.14. The average Bonchev–Trinajstić information content (AvgIpc) is 3.14. The second kappa shape index (κ2) is 6.56. The van der Waals surface area contributed by atoms with Crippen molar-refractivity contribution in [1.29, 1.82) is 0 Å². The van der Waals surface area contributed by atoms with E-state index in [4.69, 9.17) is 0 Å². The Bertz CT molecular complexity index is 1210. The van der Waals surface area contributed by atoms with E-state index in [0.29, 0.717) is 0 Å². The molecular formula is C22H14N2S2. The first-order chi connectivity index (χ1) is 12.9. The molecule has 2 aromatic heterocycles. The maximum Gasteiger partial charge on any atom is 0.128 e. The van der Waals surface area contributed by atoms with Gasteiger partial charge >= 0.3 is 0 Å². The van der Waals surface area contributed by atoms with Crippen LogP contribution in [0.15, 0.2) is 94.4 Å². The van der Waals surface area contributed by atoms with Gasteiger partial charge in [0.05, 0.1) is 5.39 Å². The van der Waals surface area contributed by atoms with Gasteiger partial charge in [-0.25, -0.2) is 9.97 Å². The molecule has 0 unspecified atom stereocenters. The van der Waals surface area contributed by atoms with Gasteiger partial charge in [-0.1, -0.05) is 72.4 Å². The van der Waals surface area contributed by atoms with Crippen molar-refractivity contribution in [1.82, 2.24) is 9.97 Å². The molecule has 26 heavy (non-hydrogen) atoms. The highest BCUT2D eigenvalue weighted by molar-refractivity contribution is 7.99. The lowest BCUT2D eigenvalue weighted by Gasteiger charge is -2.06. The summed E-state index contributed by atoms with van der Waals surface area (Å²) in [6.45, 7) is 0. The Morgan fingerprint density at radius 2 is 1.58 bits per heavy atom. The van der Waals surface area contributed by atoms with E-state index in [1.54, 1.807) is 29.4 Å².